The lowest BCUT2D eigenvalue weighted by molar-refractivity contribution is 0.325. The van der Waals surface area contributed by atoms with E-state index in [4.69, 9.17) is 4.74 Å². The van der Waals surface area contributed by atoms with Gasteiger partial charge in [0.2, 0.25) is 0 Å². The second-order valence-electron chi connectivity index (χ2n) is 2.77. The summed E-state index contributed by atoms with van der Waals surface area (Å²) in [6, 6.07) is 2.15. The van der Waals surface area contributed by atoms with E-state index in [9.17, 15) is 0 Å². The van der Waals surface area contributed by atoms with Gasteiger partial charge in [0.25, 0.3) is 0 Å². The van der Waals surface area contributed by atoms with Gasteiger partial charge >= 0.3 is 0 Å². The second-order valence-corrected chi connectivity index (χ2v) is 6.74. The van der Waals surface area contributed by atoms with Crippen LogP contribution in [-0.4, -0.2) is 7.11 Å². The van der Waals surface area contributed by atoms with Gasteiger partial charge in [0.1, 0.15) is 3.66 Å². The molecule has 1 aliphatic heterocycles. The molecule has 4 heteroatoms. The Morgan fingerprint density at radius 2 is 2.46 bits per heavy atom. The quantitative estimate of drug-likeness (QED) is 0.758. The molecule has 1 aromatic rings. The van der Waals surface area contributed by atoms with Crippen molar-refractivity contribution < 1.29 is 4.74 Å². The maximum absolute atomic E-state index is 5.20. The normalized spacial score (nSPS) is 27.4. The topological polar surface area (TPSA) is 9.23 Å². The van der Waals surface area contributed by atoms with Crippen LogP contribution in [0.5, 0.6) is 0 Å². The van der Waals surface area contributed by atoms with E-state index in [1.54, 1.807) is 30.2 Å². The van der Waals surface area contributed by atoms with Crippen LogP contribution in [0.15, 0.2) is 28.0 Å². The van der Waals surface area contributed by atoms with Crippen molar-refractivity contribution >= 4 is 39.0 Å². The monoisotopic (exact) mass is 276 g/mol. The summed E-state index contributed by atoms with van der Waals surface area (Å²) in [5.74, 6) is 0. The van der Waals surface area contributed by atoms with Gasteiger partial charge in [0, 0.05) is 0 Å². The highest BCUT2D eigenvalue weighted by molar-refractivity contribution is 9.11. The number of allylic oxidation sites excluding steroid dienone is 1. The fraction of sp³-hybridized carbons (Fsp3) is 0.333. The average Bonchev–Trinajstić information content (AvgIpc) is 2.72. The van der Waals surface area contributed by atoms with Gasteiger partial charge in [-0.15, -0.1) is 0 Å². The lowest BCUT2D eigenvalue weighted by atomic mass is 10.2. The van der Waals surface area contributed by atoms with Crippen molar-refractivity contribution in [3.05, 3.63) is 33.6 Å². The molecule has 2 rings (SSSR count). The van der Waals surface area contributed by atoms with Crippen molar-refractivity contribution in [2.45, 2.75) is 10.1 Å². The number of halogens is 1. The summed E-state index contributed by atoms with van der Waals surface area (Å²) in [4.78, 5) is 0. The number of methoxy groups -OCH3 is 1. The van der Waals surface area contributed by atoms with Gasteiger partial charge in [-0.3, -0.25) is 0 Å². The number of thioether (sulfide) groups is 1. The van der Waals surface area contributed by atoms with E-state index in [1.165, 1.54) is 5.56 Å². The van der Waals surface area contributed by atoms with E-state index in [0.717, 1.165) is 11.5 Å². The predicted molar refractivity (Wildman–Crippen MR) is 62.2 cm³/mol. The minimum atomic E-state index is 0.0122. The summed E-state index contributed by atoms with van der Waals surface area (Å²) in [5, 5.41) is 5.28. The molecule has 0 radical (unpaired) electrons. The molecule has 0 saturated carbocycles. The lowest BCUT2D eigenvalue weighted by Crippen LogP contribution is -2.06. The molecule has 13 heavy (non-hydrogen) atoms. The summed E-state index contributed by atoms with van der Waals surface area (Å²) in [6.45, 7) is 0. The van der Waals surface area contributed by atoms with Crippen LogP contribution in [-0.2, 0) is 8.39 Å². The number of rotatable bonds is 2. The van der Waals surface area contributed by atoms with Gasteiger partial charge in [0.05, 0.1) is 7.11 Å². The van der Waals surface area contributed by atoms with Crippen LogP contribution < -0.4 is 0 Å². The Morgan fingerprint density at radius 1 is 1.62 bits per heavy atom. The Labute approximate surface area is 94.3 Å². The number of hydrogen-bond donors (Lipinski definition) is 0. The first-order valence-corrected chi connectivity index (χ1v) is 6.44. The molecule has 0 bridgehead atoms. The van der Waals surface area contributed by atoms with Gasteiger partial charge < -0.3 is 4.74 Å². The van der Waals surface area contributed by atoms with Crippen molar-refractivity contribution in [2.75, 3.05) is 7.11 Å². The van der Waals surface area contributed by atoms with Crippen molar-refractivity contribution in [3.63, 3.8) is 0 Å². The molecular formula is C9H9BrOS2. The van der Waals surface area contributed by atoms with E-state index in [2.05, 4.69) is 38.8 Å². The molecule has 1 nitrogen and oxygen atoms in total. The summed E-state index contributed by atoms with van der Waals surface area (Å²) < 4.78 is 5.21. The first-order valence-electron chi connectivity index (χ1n) is 3.89. The molecule has 0 aromatic carbocycles. The number of hydrogen-bond acceptors (Lipinski definition) is 3. The minimum absolute atomic E-state index is 0.0122. The van der Waals surface area contributed by atoms with Crippen molar-refractivity contribution in [3.8, 4) is 0 Å². The van der Waals surface area contributed by atoms with Crippen LogP contribution in [0.2, 0.25) is 0 Å². The van der Waals surface area contributed by atoms with Crippen LogP contribution in [0, 0.1) is 0 Å². The smallest absolute Gasteiger partial charge is 0.150 e. The number of ether oxygens (including phenoxy) is 1. The third-order valence-electron chi connectivity index (χ3n) is 1.95. The highest BCUT2D eigenvalue weighted by Crippen LogP contribution is 2.54. The third kappa shape index (κ3) is 1.80. The number of alkyl halides is 1. The fourth-order valence-electron chi connectivity index (χ4n) is 1.24. The molecule has 0 fully saturated rings. The van der Waals surface area contributed by atoms with E-state index in [1.807, 2.05) is 0 Å². The van der Waals surface area contributed by atoms with Gasteiger partial charge in [-0.2, -0.15) is 11.3 Å². The zero-order valence-corrected chi connectivity index (χ0v) is 10.3. The van der Waals surface area contributed by atoms with Crippen molar-refractivity contribution in [1.29, 1.82) is 0 Å². The van der Waals surface area contributed by atoms with E-state index in [-0.39, 0.29) is 3.66 Å². The summed E-state index contributed by atoms with van der Waals surface area (Å²) >= 11 is 7.21. The molecule has 1 aromatic heterocycles. The van der Waals surface area contributed by atoms with Crippen LogP contribution in [0.3, 0.4) is 0 Å². The zero-order valence-electron chi connectivity index (χ0n) is 7.12. The Hall–Kier alpha value is 0.0700. The molecule has 2 heterocycles. The molecular weight excluding hydrogens is 268 g/mol. The highest BCUT2D eigenvalue weighted by atomic mass is 79.9. The minimum Gasteiger partial charge on any atom is -0.491 e. The van der Waals surface area contributed by atoms with Crippen LogP contribution >= 0.6 is 39.0 Å². The molecule has 1 atom stereocenters. The van der Waals surface area contributed by atoms with Gasteiger partial charge in [0.15, 0.2) is 5.09 Å². The van der Waals surface area contributed by atoms with Crippen LogP contribution in [0.4, 0.5) is 0 Å². The molecule has 70 valence electrons. The summed E-state index contributed by atoms with van der Waals surface area (Å²) in [6.07, 6.45) is 3.11. The Morgan fingerprint density at radius 3 is 3.00 bits per heavy atom. The highest BCUT2D eigenvalue weighted by Gasteiger charge is 2.35. The summed E-state index contributed by atoms with van der Waals surface area (Å²) in [7, 11) is 1.71. The average molecular weight is 277 g/mol. The second kappa shape index (κ2) is 3.67. The van der Waals surface area contributed by atoms with Crippen LogP contribution in [0.1, 0.15) is 12.0 Å². The lowest BCUT2D eigenvalue weighted by Gasteiger charge is -2.19. The van der Waals surface area contributed by atoms with E-state index < -0.39 is 0 Å². The first-order chi connectivity index (χ1) is 6.24. The fourth-order valence-corrected chi connectivity index (χ4v) is 4.06. The van der Waals surface area contributed by atoms with Crippen molar-refractivity contribution in [1.82, 2.24) is 0 Å². The Bertz CT molecular complexity index is 320. The Balaban J connectivity index is 2.18. The van der Waals surface area contributed by atoms with Gasteiger partial charge in [-0.25, -0.2) is 0 Å². The summed E-state index contributed by atoms with van der Waals surface area (Å²) in [5.41, 5.74) is 1.32. The molecule has 0 spiro atoms. The van der Waals surface area contributed by atoms with E-state index >= 15 is 0 Å². The van der Waals surface area contributed by atoms with Gasteiger partial charge in [-0.05, 0) is 34.9 Å². The molecule has 1 aliphatic rings. The molecule has 0 amide bonds. The van der Waals surface area contributed by atoms with E-state index in [0.29, 0.717) is 0 Å². The molecule has 0 saturated heterocycles. The number of thiophene rings is 1. The molecule has 0 aliphatic carbocycles. The Kier molecular flexibility index (Phi) is 2.72. The largest absolute Gasteiger partial charge is 0.491 e. The first kappa shape index (κ1) is 9.62. The van der Waals surface area contributed by atoms with Crippen LogP contribution in [0.25, 0.3) is 0 Å². The van der Waals surface area contributed by atoms with Crippen molar-refractivity contribution in [2.24, 2.45) is 0 Å². The third-order valence-corrected chi connectivity index (χ3v) is 5.16. The van der Waals surface area contributed by atoms with Gasteiger partial charge in [-0.1, -0.05) is 27.7 Å². The SMILES string of the molecule is COC1=CCC(Br)(c2ccsc2)S1. The maximum atomic E-state index is 5.20. The molecule has 0 N–H and O–H groups in total. The molecule has 1 unspecified atom stereocenters. The zero-order chi connectivity index (χ0) is 9.31. The predicted octanol–water partition coefficient (Wildman–Crippen LogP) is 3.92. The standard InChI is InChI=1S/C9H9BrOS2/c1-11-8-2-4-9(10,13-8)7-3-5-12-6-7/h2-3,5-6H,4H2,1H3. The maximum Gasteiger partial charge on any atom is 0.150 e.